The molecule has 4 heterocycles. The number of hydrogen-bond acceptors (Lipinski definition) is 10. The highest BCUT2D eigenvalue weighted by Crippen LogP contribution is 2.37. The maximum atomic E-state index is 14.1. The van der Waals surface area contributed by atoms with Gasteiger partial charge < -0.3 is 15.4 Å². The third-order valence-corrected chi connectivity index (χ3v) is 12.7. The summed E-state index contributed by atoms with van der Waals surface area (Å²) in [5.41, 5.74) is 1.10. The molecule has 16 heteroatoms. The Morgan fingerprint density at radius 3 is 2.22 bits per heavy atom. The maximum Gasteiger partial charge on any atom is 0.411 e. The van der Waals surface area contributed by atoms with E-state index in [0.29, 0.717) is 46.1 Å². The van der Waals surface area contributed by atoms with E-state index in [-0.39, 0.29) is 40.9 Å². The number of anilines is 1. The highest BCUT2D eigenvalue weighted by Gasteiger charge is 2.49. The molecule has 8 rings (SSSR count). The van der Waals surface area contributed by atoms with Gasteiger partial charge >= 0.3 is 6.09 Å². The predicted octanol–water partition coefficient (Wildman–Crippen LogP) is 6.50. The van der Waals surface area contributed by atoms with Crippen LogP contribution >= 0.6 is 11.6 Å². The molecular formula is C42H42ClN7O7S. The standard InChI is InChI=1S/C42H42ClN7O7S/c1-42(2,3)57-41(54)48-23-27(50-38(52)30-17-7-8-18-31(30)39(50)53)21-35(48)37(51)45-25-12-11-13-26(20-25)46-40-44-22-33(43)36(47-40)32-24-49(34-19-10-9-16-29(32)34)58(55,56)28-14-5-4-6-15-28/h4-10,14-19,22,24-27,35H,11-13,20-21,23H2,1-3H3,(H,45,51)(H,44,46,47)/t25-,26+,27?,35?/m0/s1. The van der Waals surface area contributed by atoms with E-state index in [4.69, 9.17) is 21.3 Å². The summed E-state index contributed by atoms with van der Waals surface area (Å²) >= 11 is 6.68. The van der Waals surface area contributed by atoms with Crippen LogP contribution in [0.25, 0.3) is 22.2 Å². The van der Waals surface area contributed by atoms with E-state index in [1.165, 1.54) is 21.3 Å². The number of para-hydroxylation sites is 1. The van der Waals surface area contributed by atoms with Gasteiger partial charge in [0.05, 0.1) is 44.5 Å². The molecule has 4 atom stereocenters. The fourth-order valence-electron chi connectivity index (χ4n) is 8.11. The van der Waals surface area contributed by atoms with Crippen LogP contribution in [0.15, 0.2) is 96.2 Å². The minimum absolute atomic E-state index is 0.0413. The second kappa shape index (κ2) is 15.2. The van der Waals surface area contributed by atoms with Crippen LogP contribution in [0.3, 0.4) is 0 Å². The Morgan fingerprint density at radius 1 is 0.862 bits per heavy atom. The molecule has 14 nitrogen and oxygen atoms in total. The molecule has 0 radical (unpaired) electrons. The Kier molecular flexibility index (Phi) is 10.2. The number of ether oxygens (including phenoxy) is 1. The lowest BCUT2D eigenvalue weighted by atomic mass is 9.90. The molecule has 3 aromatic carbocycles. The van der Waals surface area contributed by atoms with E-state index >= 15 is 0 Å². The molecule has 58 heavy (non-hydrogen) atoms. The number of imide groups is 1. The molecule has 2 unspecified atom stereocenters. The van der Waals surface area contributed by atoms with Crippen LogP contribution in [0.1, 0.15) is 73.6 Å². The van der Waals surface area contributed by atoms with Crippen LogP contribution in [0.4, 0.5) is 10.7 Å². The molecule has 4 amide bonds. The van der Waals surface area contributed by atoms with Crippen molar-refractivity contribution < 1.29 is 32.3 Å². The normalized spacial score (nSPS) is 21.0. The number of benzene rings is 3. The van der Waals surface area contributed by atoms with Gasteiger partial charge in [-0.2, -0.15) is 0 Å². The van der Waals surface area contributed by atoms with Crippen LogP contribution in [0.5, 0.6) is 0 Å². The molecule has 2 N–H and O–H groups in total. The number of nitrogens with zero attached hydrogens (tertiary/aromatic N) is 5. The van der Waals surface area contributed by atoms with Crippen molar-refractivity contribution in [2.45, 2.75) is 87.5 Å². The first kappa shape index (κ1) is 39.0. The summed E-state index contributed by atoms with van der Waals surface area (Å²) in [5.74, 6) is -1.02. The molecule has 2 aromatic heterocycles. The lowest BCUT2D eigenvalue weighted by Gasteiger charge is -2.32. The third-order valence-electron chi connectivity index (χ3n) is 10.7. The molecule has 2 aliphatic heterocycles. The van der Waals surface area contributed by atoms with Crippen molar-refractivity contribution in [2.75, 3.05) is 11.9 Å². The minimum Gasteiger partial charge on any atom is -0.444 e. The van der Waals surface area contributed by atoms with Crippen molar-refractivity contribution in [3.63, 3.8) is 0 Å². The number of amides is 4. The number of fused-ring (bicyclic) bond motifs is 2. The first-order valence-corrected chi connectivity index (χ1v) is 21.0. The van der Waals surface area contributed by atoms with E-state index in [0.717, 1.165) is 17.7 Å². The number of hydrogen-bond donors (Lipinski definition) is 2. The average molecular weight is 824 g/mol. The molecule has 300 valence electrons. The van der Waals surface area contributed by atoms with Crippen molar-refractivity contribution in [1.82, 2.24) is 29.1 Å². The van der Waals surface area contributed by atoms with E-state index in [9.17, 15) is 27.6 Å². The van der Waals surface area contributed by atoms with Gasteiger partial charge in [0.15, 0.2) is 0 Å². The quantitative estimate of drug-likeness (QED) is 0.165. The number of halogens is 1. The van der Waals surface area contributed by atoms with Gasteiger partial charge in [-0.1, -0.05) is 60.1 Å². The zero-order chi connectivity index (χ0) is 40.9. The van der Waals surface area contributed by atoms with Gasteiger partial charge in [0.25, 0.3) is 21.8 Å². The second-order valence-electron chi connectivity index (χ2n) is 15.8. The summed E-state index contributed by atoms with van der Waals surface area (Å²) in [7, 11) is -3.94. The highest BCUT2D eigenvalue weighted by atomic mass is 35.5. The fourth-order valence-corrected chi connectivity index (χ4v) is 9.70. The zero-order valence-corrected chi connectivity index (χ0v) is 33.7. The molecule has 0 bridgehead atoms. The highest BCUT2D eigenvalue weighted by molar-refractivity contribution is 7.90. The van der Waals surface area contributed by atoms with E-state index in [2.05, 4.69) is 15.6 Å². The summed E-state index contributed by atoms with van der Waals surface area (Å²) in [6, 6.07) is 19.8. The SMILES string of the molecule is CC(C)(C)OC(=O)N1CC(N2C(=O)c3ccccc3C2=O)CC1C(=O)N[C@H]1CCC[C@@H](Nc2ncc(Cl)c(-c3cn(S(=O)(=O)c4ccccc4)c4ccccc34)n2)C1. The Labute approximate surface area is 340 Å². The average Bonchev–Trinajstić information content (AvgIpc) is 3.88. The molecule has 1 saturated heterocycles. The van der Waals surface area contributed by atoms with Gasteiger partial charge in [0.1, 0.15) is 11.6 Å². The number of rotatable bonds is 8. The van der Waals surface area contributed by atoms with Crippen LogP contribution in [0.2, 0.25) is 5.02 Å². The molecule has 1 aliphatic carbocycles. The molecular weight excluding hydrogens is 782 g/mol. The summed E-state index contributed by atoms with van der Waals surface area (Å²) in [5, 5.41) is 7.41. The van der Waals surface area contributed by atoms with Crippen molar-refractivity contribution in [3.05, 3.63) is 107 Å². The maximum absolute atomic E-state index is 14.1. The fraction of sp³-hybridized carbons (Fsp3) is 0.333. The van der Waals surface area contributed by atoms with Gasteiger partial charge in [0.2, 0.25) is 11.9 Å². The zero-order valence-electron chi connectivity index (χ0n) is 32.1. The van der Waals surface area contributed by atoms with E-state index in [1.54, 1.807) is 87.5 Å². The number of nitrogens with one attached hydrogen (secondary N) is 2. The minimum atomic E-state index is -3.94. The predicted molar refractivity (Wildman–Crippen MR) is 217 cm³/mol. The first-order valence-electron chi connectivity index (χ1n) is 19.2. The van der Waals surface area contributed by atoms with Crippen LogP contribution < -0.4 is 10.6 Å². The Balaban J connectivity index is 0.990. The summed E-state index contributed by atoms with van der Waals surface area (Å²) < 4.78 is 34.4. The lowest BCUT2D eigenvalue weighted by molar-refractivity contribution is -0.126. The largest absolute Gasteiger partial charge is 0.444 e. The number of likely N-dealkylation sites (tertiary alicyclic amines) is 1. The Hall–Kier alpha value is -5.80. The van der Waals surface area contributed by atoms with Crippen LogP contribution in [-0.4, -0.2) is 92.3 Å². The van der Waals surface area contributed by atoms with Crippen LogP contribution in [0, 0.1) is 0 Å². The monoisotopic (exact) mass is 823 g/mol. The topological polar surface area (TPSA) is 173 Å². The summed E-state index contributed by atoms with van der Waals surface area (Å²) in [6.45, 7) is 5.15. The lowest BCUT2D eigenvalue weighted by Crippen LogP contribution is -2.51. The number of carbonyl (C=O) groups excluding carboxylic acids is 4. The molecule has 2 fully saturated rings. The molecule has 1 saturated carbocycles. The van der Waals surface area contributed by atoms with Crippen molar-refractivity contribution in [1.29, 1.82) is 0 Å². The first-order chi connectivity index (χ1) is 27.7. The van der Waals surface area contributed by atoms with Crippen molar-refractivity contribution >= 4 is 62.3 Å². The Bertz CT molecular complexity index is 2520. The number of aromatic nitrogens is 3. The van der Waals surface area contributed by atoms with Crippen LogP contribution in [-0.2, 0) is 19.6 Å². The van der Waals surface area contributed by atoms with Gasteiger partial charge in [-0.05, 0) is 83.2 Å². The van der Waals surface area contributed by atoms with Crippen molar-refractivity contribution in [3.8, 4) is 11.3 Å². The second-order valence-corrected chi connectivity index (χ2v) is 18.1. The molecule has 3 aliphatic rings. The molecule has 5 aromatic rings. The third kappa shape index (κ3) is 7.39. The molecule has 0 spiro atoms. The van der Waals surface area contributed by atoms with Gasteiger partial charge in [0, 0.05) is 35.8 Å². The number of carbonyl (C=O) groups is 4. The van der Waals surface area contributed by atoms with Gasteiger partial charge in [-0.25, -0.2) is 27.2 Å². The van der Waals surface area contributed by atoms with Gasteiger partial charge in [-0.15, -0.1) is 0 Å². The summed E-state index contributed by atoms with van der Waals surface area (Å²) in [4.78, 5) is 66.1. The summed E-state index contributed by atoms with van der Waals surface area (Å²) in [6.07, 6.45) is 5.10. The van der Waals surface area contributed by atoms with E-state index in [1.807, 2.05) is 12.1 Å². The van der Waals surface area contributed by atoms with Gasteiger partial charge in [-0.3, -0.25) is 24.2 Å². The van der Waals surface area contributed by atoms with E-state index < -0.39 is 51.5 Å². The smallest absolute Gasteiger partial charge is 0.411 e. The van der Waals surface area contributed by atoms with Crippen molar-refractivity contribution in [2.24, 2.45) is 0 Å². The Morgan fingerprint density at radius 2 is 1.52 bits per heavy atom.